The maximum atomic E-state index is 14.2. The number of aryl methyl sites for hydroxylation is 1. The van der Waals surface area contributed by atoms with Gasteiger partial charge in [-0.25, -0.2) is 4.39 Å². The van der Waals surface area contributed by atoms with Crippen molar-refractivity contribution in [2.75, 3.05) is 7.11 Å². The van der Waals surface area contributed by atoms with Gasteiger partial charge in [-0.2, -0.15) is 0 Å². The lowest BCUT2D eigenvalue weighted by atomic mass is 10.0. The fraction of sp³-hybridized carbons (Fsp3) is 0.200. The van der Waals surface area contributed by atoms with Gasteiger partial charge in [0.15, 0.2) is 0 Å². The molecule has 0 aromatic heterocycles. The third-order valence-electron chi connectivity index (χ3n) is 3.04. The van der Waals surface area contributed by atoms with E-state index in [1.165, 1.54) is 7.11 Å². The molecule has 0 radical (unpaired) electrons. The van der Waals surface area contributed by atoms with Gasteiger partial charge in [-0.3, -0.25) is 0 Å². The first-order valence-electron chi connectivity index (χ1n) is 5.87. The highest BCUT2D eigenvalue weighted by molar-refractivity contribution is 9.09. The normalized spacial score (nSPS) is 12.3. The average molecular weight is 378 g/mol. The molecular weight excluding hydrogens is 366 g/mol. The fourth-order valence-electron chi connectivity index (χ4n) is 1.93. The van der Waals surface area contributed by atoms with Gasteiger partial charge >= 0.3 is 0 Å². The lowest BCUT2D eigenvalue weighted by Gasteiger charge is -2.16. The molecule has 5 heteroatoms. The number of ether oxygens (including phenoxy) is 1. The van der Waals surface area contributed by atoms with Gasteiger partial charge in [-0.15, -0.1) is 0 Å². The summed E-state index contributed by atoms with van der Waals surface area (Å²) in [4.78, 5) is -0.377. The van der Waals surface area contributed by atoms with E-state index in [4.69, 9.17) is 27.9 Å². The van der Waals surface area contributed by atoms with Crippen molar-refractivity contribution in [1.29, 1.82) is 0 Å². The average Bonchev–Trinajstić information content (AvgIpc) is 2.43. The first-order valence-corrected chi connectivity index (χ1v) is 7.55. The minimum atomic E-state index is -0.377. The molecule has 2 aromatic carbocycles. The van der Waals surface area contributed by atoms with Crippen LogP contribution >= 0.6 is 39.1 Å². The Hall–Kier alpha value is -0.770. The molecule has 0 heterocycles. The van der Waals surface area contributed by atoms with Crippen LogP contribution in [-0.4, -0.2) is 7.11 Å². The summed E-state index contributed by atoms with van der Waals surface area (Å²) in [6.45, 7) is 1.72. The monoisotopic (exact) mass is 376 g/mol. The maximum Gasteiger partial charge on any atom is 0.138 e. The number of methoxy groups -OCH3 is 1. The SMILES string of the molecule is COc1cc(Cl)c(C(Br)c2cccc(C)c2F)cc1Cl. The number of hydrogen-bond donors (Lipinski definition) is 0. The van der Waals surface area contributed by atoms with Gasteiger partial charge in [0.2, 0.25) is 0 Å². The van der Waals surface area contributed by atoms with E-state index >= 15 is 0 Å². The van der Waals surface area contributed by atoms with Crippen LogP contribution in [0.3, 0.4) is 0 Å². The Labute approximate surface area is 135 Å². The van der Waals surface area contributed by atoms with Crippen molar-refractivity contribution >= 4 is 39.1 Å². The maximum absolute atomic E-state index is 14.2. The van der Waals surface area contributed by atoms with E-state index < -0.39 is 0 Å². The second kappa shape index (κ2) is 6.33. The predicted octanol–water partition coefficient (Wildman–Crippen LogP) is 5.93. The summed E-state index contributed by atoms with van der Waals surface area (Å²) in [7, 11) is 1.52. The lowest BCUT2D eigenvalue weighted by Crippen LogP contribution is -2.00. The molecule has 1 atom stereocenters. The Morgan fingerprint density at radius 1 is 1.15 bits per heavy atom. The second-order valence-corrected chi connectivity index (χ2v) is 6.08. The van der Waals surface area contributed by atoms with Gasteiger partial charge in [-0.1, -0.05) is 57.3 Å². The van der Waals surface area contributed by atoms with Crippen molar-refractivity contribution in [2.45, 2.75) is 11.8 Å². The van der Waals surface area contributed by atoms with E-state index in [0.29, 0.717) is 32.5 Å². The number of halogens is 4. The van der Waals surface area contributed by atoms with Gasteiger partial charge in [0.25, 0.3) is 0 Å². The lowest BCUT2D eigenvalue weighted by molar-refractivity contribution is 0.415. The van der Waals surface area contributed by atoms with Crippen LogP contribution in [-0.2, 0) is 0 Å². The molecular formula is C15H12BrCl2FO. The van der Waals surface area contributed by atoms with E-state index in [-0.39, 0.29) is 10.6 Å². The van der Waals surface area contributed by atoms with Crippen molar-refractivity contribution in [1.82, 2.24) is 0 Å². The van der Waals surface area contributed by atoms with Crippen LogP contribution < -0.4 is 4.74 Å². The Morgan fingerprint density at radius 3 is 2.50 bits per heavy atom. The molecule has 0 fully saturated rings. The predicted molar refractivity (Wildman–Crippen MR) is 84.9 cm³/mol. The minimum Gasteiger partial charge on any atom is -0.495 e. The molecule has 1 unspecified atom stereocenters. The minimum absolute atomic E-state index is 0.252. The molecule has 0 N–H and O–H groups in total. The molecule has 2 rings (SSSR count). The molecule has 0 aliphatic heterocycles. The highest BCUT2D eigenvalue weighted by Gasteiger charge is 2.20. The highest BCUT2D eigenvalue weighted by Crippen LogP contribution is 2.41. The van der Waals surface area contributed by atoms with Crippen LogP contribution in [0.25, 0.3) is 0 Å². The van der Waals surface area contributed by atoms with E-state index in [9.17, 15) is 4.39 Å². The van der Waals surface area contributed by atoms with E-state index in [0.717, 1.165) is 0 Å². The van der Waals surface area contributed by atoms with Crippen molar-refractivity contribution in [2.24, 2.45) is 0 Å². The van der Waals surface area contributed by atoms with Crippen molar-refractivity contribution in [3.63, 3.8) is 0 Å². The molecule has 0 bridgehead atoms. The van der Waals surface area contributed by atoms with E-state index in [1.54, 1.807) is 37.3 Å². The molecule has 0 saturated heterocycles. The van der Waals surface area contributed by atoms with Gasteiger partial charge in [0.1, 0.15) is 11.6 Å². The van der Waals surface area contributed by atoms with Gasteiger partial charge in [0.05, 0.1) is 17.0 Å². The first-order chi connectivity index (χ1) is 9.45. The molecule has 0 aliphatic carbocycles. The quantitative estimate of drug-likeness (QED) is 0.602. The topological polar surface area (TPSA) is 9.23 Å². The number of benzene rings is 2. The smallest absolute Gasteiger partial charge is 0.138 e. The zero-order valence-electron chi connectivity index (χ0n) is 10.9. The molecule has 20 heavy (non-hydrogen) atoms. The van der Waals surface area contributed by atoms with Crippen molar-refractivity contribution < 1.29 is 9.13 Å². The first kappa shape index (κ1) is 15.6. The zero-order chi connectivity index (χ0) is 14.9. The highest BCUT2D eigenvalue weighted by atomic mass is 79.9. The van der Waals surface area contributed by atoms with Crippen LogP contribution in [0, 0.1) is 12.7 Å². The molecule has 0 saturated carbocycles. The van der Waals surface area contributed by atoms with Gasteiger partial charge in [-0.05, 0) is 24.1 Å². The Bertz CT molecular complexity index is 646. The Kier molecular flexibility index (Phi) is 4.95. The second-order valence-electron chi connectivity index (χ2n) is 4.35. The summed E-state index contributed by atoms with van der Waals surface area (Å²) >= 11 is 15.8. The van der Waals surface area contributed by atoms with Crippen molar-refractivity contribution in [3.8, 4) is 5.75 Å². The van der Waals surface area contributed by atoms with Crippen LogP contribution in [0.1, 0.15) is 21.5 Å². The Balaban J connectivity index is 2.51. The van der Waals surface area contributed by atoms with Gasteiger partial charge in [0, 0.05) is 16.7 Å². The summed E-state index contributed by atoms with van der Waals surface area (Å²) in [5.41, 5.74) is 1.80. The molecule has 0 aliphatic rings. The van der Waals surface area contributed by atoms with Crippen LogP contribution in [0.2, 0.25) is 10.0 Å². The Morgan fingerprint density at radius 2 is 1.85 bits per heavy atom. The zero-order valence-corrected chi connectivity index (χ0v) is 14.0. The summed E-state index contributed by atoms with van der Waals surface area (Å²) in [5.74, 6) is 0.238. The van der Waals surface area contributed by atoms with E-state index in [2.05, 4.69) is 15.9 Å². The molecule has 1 nitrogen and oxygen atoms in total. The van der Waals surface area contributed by atoms with Crippen LogP contribution in [0.5, 0.6) is 5.75 Å². The summed E-state index contributed by atoms with van der Waals surface area (Å²) < 4.78 is 19.3. The molecule has 0 amide bonds. The molecule has 0 spiro atoms. The number of hydrogen-bond acceptors (Lipinski definition) is 1. The third kappa shape index (κ3) is 2.95. The molecule has 106 valence electrons. The van der Waals surface area contributed by atoms with Crippen LogP contribution in [0.15, 0.2) is 30.3 Å². The largest absolute Gasteiger partial charge is 0.495 e. The van der Waals surface area contributed by atoms with E-state index in [1.807, 2.05) is 0 Å². The molecule has 2 aromatic rings. The third-order valence-corrected chi connectivity index (χ3v) is 4.65. The van der Waals surface area contributed by atoms with Crippen LogP contribution in [0.4, 0.5) is 4.39 Å². The van der Waals surface area contributed by atoms with Crippen molar-refractivity contribution in [3.05, 3.63) is 62.9 Å². The standard InChI is InChI=1S/C15H12BrCl2FO/c1-8-4-3-5-9(15(8)19)14(16)10-6-12(18)13(20-2)7-11(10)17/h3-7,14H,1-2H3. The van der Waals surface area contributed by atoms with Gasteiger partial charge < -0.3 is 4.74 Å². The summed E-state index contributed by atoms with van der Waals surface area (Å²) in [6, 6.07) is 8.56. The fourth-order valence-corrected chi connectivity index (χ4v) is 3.30. The summed E-state index contributed by atoms with van der Waals surface area (Å²) in [5, 5.41) is 0.901. The number of alkyl halides is 1. The summed E-state index contributed by atoms with van der Waals surface area (Å²) in [6.07, 6.45) is 0. The number of rotatable bonds is 3.